The topological polar surface area (TPSA) is 16.4 Å². The lowest BCUT2D eigenvalue weighted by molar-refractivity contribution is 0.454. The molecular formula is C36H35NO. The maximum absolute atomic E-state index is 6.28. The Labute approximate surface area is 225 Å². The van der Waals surface area contributed by atoms with E-state index in [2.05, 4.69) is 89.9 Å². The molecule has 0 fully saturated rings. The van der Waals surface area contributed by atoms with Gasteiger partial charge >= 0.3 is 0 Å². The summed E-state index contributed by atoms with van der Waals surface area (Å²) in [6.07, 6.45) is 23.1. The molecule has 0 saturated heterocycles. The van der Waals surface area contributed by atoms with E-state index < -0.39 is 0 Å². The van der Waals surface area contributed by atoms with Gasteiger partial charge < -0.3 is 9.32 Å². The highest BCUT2D eigenvalue weighted by Gasteiger charge is 2.41. The van der Waals surface area contributed by atoms with Gasteiger partial charge in [-0.05, 0) is 86.3 Å². The van der Waals surface area contributed by atoms with Crippen molar-refractivity contribution >= 4 is 17.8 Å². The van der Waals surface area contributed by atoms with Crippen molar-refractivity contribution in [3.05, 3.63) is 112 Å². The van der Waals surface area contributed by atoms with Crippen LogP contribution >= 0.6 is 0 Å². The smallest absolute Gasteiger partial charge is 0.130 e. The molecule has 3 unspecified atom stereocenters. The van der Waals surface area contributed by atoms with Crippen molar-refractivity contribution < 1.29 is 4.42 Å². The van der Waals surface area contributed by atoms with Gasteiger partial charge in [-0.3, -0.25) is 0 Å². The molecule has 0 bridgehead atoms. The lowest BCUT2D eigenvalue weighted by atomic mass is 9.80. The van der Waals surface area contributed by atoms with Crippen molar-refractivity contribution in [1.29, 1.82) is 0 Å². The van der Waals surface area contributed by atoms with Crippen LogP contribution in [0.1, 0.15) is 56.3 Å². The van der Waals surface area contributed by atoms with Crippen LogP contribution in [0.25, 0.3) is 23.3 Å². The van der Waals surface area contributed by atoms with E-state index >= 15 is 0 Å². The van der Waals surface area contributed by atoms with Crippen LogP contribution in [0.3, 0.4) is 0 Å². The number of aryl methyl sites for hydroxylation is 1. The maximum atomic E-state index is 6.28. The predicted octanol–water partition coefficient (Wildman–Crippen LogP) is 7.24. The van der Waals surface area contributed by atoms with Gasteiger partial charge in [0.25, 0.3) is 0 Å². The Morgan fingerprint density at radius 2 is 1.76 bits per heavy atom. The molecule has 1 aromatic heterocycles. The third-order valence-corrected chi connectivity index (χ3v) is 9.57. The Morgan fingerprint density at radius 3 is 2.71 bits per heavy atom. The first-order valence-electron chi connectivity index (χ1n) is 14.7. The van der Waals surface area contributed by atoms with Crippen molar-refractivity contribution in [2.75, 3.05) is 4.90 Å². The first kappa shape index (κ1) is 22.5. The lowest BCUT2D eigenvalue weighted by Gasteiger charge is -2.34. The molecule has 0 radical (unpaired) electrons. The summed E-state index contributed by atoms with van der Waals surface area (Å²) in [5.41, 5.74) is 11.3. The first-order chi connectivity index (χ1) is 18.8. The summed E-state index contributed by atoms with van der Waals surface area (Å²) in [5.74, 6) is 2.26. The summed E-state index contributed by atoms with van der Waals surface area (Å²) < 4.78 is 6.28. The Hall–Kier alpha value is -3.52. The molecule has 5 aliphatic rings. The van der Waals surface area contributed by atoms with Crippen LogP contribution in [0.2, 0.25) is 0 Å². The van der Waals surface area contributed by atoms with Crippen LogP contribution in [-0.4, -0.2) is 6.04 Å². The summed E-state index contributed by atoms with van der Waals surface area (Å²) in [4.78, 5) is 2.71. The van der Waals surface area contributed by atoms with Crippen molar-refractivity contribution in [3.8, 4) is 11.1 Å². The molecule has 0 saturated carbocycles. The summed E-state index contributed by atoms with van der Waals surface area (Å²) >= 11 is 0. The van der Waals surface area contributed by atoms with E-state index in [-0.39, 0.29) is 0 Å². The van der Waals surface area contributed by atoms with E-state index in [4.69, 9.17) is 4.42 Å². The summed E-state index contributed by atoms with van der Waals surface area (Å²) in [5, 5.41) is 1.41. The van der Waals surface area contributed by atoms with Crippen molar-refractivity contribution in [1.82, 2.24) is 0 Å². The summed E-state index contributed by atoms with van der Waals surface area (Å²) in [6, 6.07) is 20.6. The van der Waals surface area contributed by atoms with Gasteiger partial charge in [0.1, 0.15) is 11.2 Å². The number of allylic oxidation sites excluding steroid dienone is 4. The first-order valence-corrected chi connectivity index (χ1v) is 14.7. The fourth-order valence-corrected chi connectivity index (χ4v) is 7.74. The van der Waals surface area contributed by atoms with Crippen LogP contribution in [0.5, 0.6) is 0 Å². The molecular weight excluding hydrogens is 462 g/mol. The molecule has 0 amide bonds. The molecule has 190 valence electrons. The lowest BCUT2D eigenvalue weighted by Crippen LogP contribution is -2.34. The summed E-state index contributed by atoms with van der Waals surface area (Å²) in [7, 11) is 0. The van der Waals surface area contributed by atoms with Crippen molar-refractivity contribution in [2.45, 2.75) is 63.8 Å². The molecule has 4 aliphatic carbocycles. The van der Waals surface area contributed by atoms with Crippen LogP contribution in [0.4, 0.5) is 5.69 Å². The number of rotatable bonds is 3. The second-order valence-electron chi connectivity index (χ2n) is 11.7. The van der Waals surface area contributed by atoms with E-state index in [0.717, 1.165) is 31.1 Å². The van der Waals surface area contributed by atoms with Gasteiger partial charge in [0, 0.05) is 46.5 Å². The molecule has 38 heavy (non-hydrogen) atoms. The van der Waals surface area contributed by atoms with Gasteiger partial charge in [-0.25, -0.2) is 0 Å². The molecule has 1 aliphatic heterocycles. The molecule has 2 heteroatoms. The number of benzene rings is 2. The third-order valence-electron chi connectivity index (χ3n) is 9.57. The summed E-state index contributed by atoms with van der Waals surface area (Å²) in [6.45, 7) is 0. The minimum absolute atomic E-state index is 0.499. The minimum atomic E-state index is 0.499. The molecule has 3 aromatic rings. The van der Waals surface area contributed by atoms with Crippen LogP contribution in [0.15, 0.2) is 94.1 Å². The quantitative estimate of drug-likeness (QED) is 0.355. The van der Waals surface area contributed by atoms with Crippen LogP contribution in [-0.2, 0) is 12.8 Å². The molecule has 8 rings (SSSR count). The van der Waals surface area contributed by atoms with E-state index in [1.807, 2.05) is 0 Å². The number of nitrogens with zero attached hydrogens (tertiary/aromatic N) is 1. The van der Waals surface area contributed by atoms with Gasteiger partial charge in [-0.1, -0.05) is 72.3 Å². The number of furan rings is 1. The van der Waals surface area contributed by atoms with Gasteiger partial charge in [-0.15, -0.1) is 0 Å². The minimum Gasteiger partial charge on any atom is -0.461 e. The van der Waals surface area contributed by atoms with Gasteiger partial charge in [0.2, 0.25) is 0 Å². The Morgan fingerprint density at radius 1 is 0.868 bits per heavy atom. The zero-order chi connectivity index (χ0) is 25.1. The highest BCUT2D eigenvalue weighted by Crippen LogP contribution is 2.48. The monoisotopic (exact) mass is 497 g/mol. The number of fused-ring (bicyclic) bond motifs is 5. The SMILES string of the molecule is C1=CC2C3=C(CCC(C4C=c5c6c(oc5=CC4)CCCC6)=C3)N(c3cccc(-c4ccccc4)c3)C2CC1. The van der Waals surface area contributed by atoms with E-state index in [1.54, 1.807) is 16.8 Å². The van der Waals surface area contributed by atoms with E-state index in [9.17, 15) is 0 Å². The molecule has 0 spiro atoms. The van der Waals surface area contributed by atoms with Gasteiger partial charge in [0.15, 0.2) is 0 Å². The third kappa shape index (κ3) is 3.61. The predicted molar refractivity (Wildman–Crippen MR) is 156 cm³/mol. The standard InChI is InChI=1S/C36H35NO/c1-2-9-24(10-3-1)25-11-8-12-28(21-25)37-33-15-6-4-13-29(33)31-22-26(17-19-34(31)37)27-18-20-36-32(23-27)30-14-5-7-16-35(30)38-36/h1-4,8-13,20-23,27,29,33H,5-7,14-19H2. The second-order valence-corrected chi connectivity index (χ2v) is 11.7. The average Bonchev–Trinajstić information content (AvgIpc) is 3.53. The molecule has 3 atom stereocenters. The normalized spacial score (nSPS) is 25.5. The largest absolute Gasteiger partial charge is 0.461 e. The number of hydrogen-bond acceptors (Lipinski definition) is 2. The van der Waals surface area contributed by atoms with E-state index in [1.165, 1.54) is 65.5 Å². The van der Waals surface area contributed by atoms with Gasteiger partial charge in [0.05, 0.1) is 0 Å². The number of hydrogen-bond donors (Lipinski definition) is 0. The maximum Gasteiger partial charge on any atom is 0.130 e. The Bertz CT molecular complexity index is 1620. The zero-order valence-electron chi connectivity index (χ0n) is 22.0. The molecule has 2 nitrogen and oxygen atoms in total. The molecule has 0 N–H and O–H groups in total. The second kappa shape index (κ2) is 9.05. The van der Waals surface area contributed by atoms with Crippen LogP contribution in [0, 0.1) is 11.8 Å². The average molecular weight is 498 g/mol. The van der Waals surface area contributed by atoms with E-state index in [0.29, 0.717) is 17.9 Å². The van der Waals surface area contributed by atoms with Crippen molar-refractivity contribution in [3.63, 3.8) is 0 Å². The van der Waals surface area contributed by atoms with Gasteiger partial charge in [-0.2, -0.15) is 0 Å². The van der Waals surface area contributed by atoms with Crippen LogP contribution < -0.4 is 15.5 Å². The zero-order valence-corrected chi connectivity index (χ0v) is 22.0. The number of anilines is 1. The van der Waals surface area contributed by atoms with Crippen molar-refractivity contribution in [2.24, 2.45) is 11.8 Å². The Balaban J connectivity index is 1.18. The highest BCUT2D eigenvalue weighted by molar-refractivity contribution is 5.72. The fraction of sp³-hybridized carbons (Fsp3) is 0.333. The Kier molecular flexibility index (Phi) is 5.35. The molecule has 2 heterocycles. The molecule has 2 aromatic carbocycles. The fourth-order valence-electron chi connectivity index (χ4n) is 7.74. The highest BCUT2D eigenvalue weighted by atomic mass is 16.3.